The van der Waals surface area contributed by atoms with Gasteiger partial charge in [-0.05, 0) is 79.1 Å². The lowest BCUT2D eigenvalue weighted by molar-refractivity contribution is -0.000881. The Morgan fingerprint density at radius 2 is 1.28 bits per heavy atom. The average molecular weight is 649 g/mol. The van der Waals surface area contributed by atoms with Crippen LogP contribution in [0.2, 0.25) is 0 Å². The van der Waals surface area contributed by atoms with E-state index in [-0.39, 0.29) is 23.0 Å². The monoisotopic (exact) mass is 648 g/mol. The van der Waals surface area contributed by atoms with Crippen LogP contribution in [0.25, 0.3) is 11.1 Å². The largest absolute Gasteiger partial charge is 0.504 e. The van der Waals surface area contributed by atoms with Gasteiger partial charge in [0.15, 0.2) is 64.3 Å². The number of hydrogen-bond donors (Lipinski definition) is 4. The summed E-state index contributed by atoms with van der Waals surface area (Å²) in [5, 5.41) is 41.8. The normalized spacial score (nSPS) is 16.6. The van der Waals surface area contributed by atoms with Crippen LogP contribution in [-0.4, -0.2) is 74.3 Å². The van der Waals surface area contributed by atoms with Gasteiger partial charge in [0, 0.05) is 16.7 Å². The number of rotatable bonds is 11. The highest BCUT2D eigenvalue weighted by molar-refractivity contribution is 5.82. The molecule has 4 N–H and O–H groups in total. The van der Waals surface area contributed by atoms with E-state index in [0.29, 0.717) is 34.1 Å². The smallest absolute Gasteiger partial charge is 0.170 e. The highest BCUT2D eigenvalue weighted by Crippen LogP contribution is 2.51. The number of aliphatic hydroxyl groups is 3. The van der Waals surface area contributed by atoms with E-state index in [2.05, 4.69) is 0 Å². The van der Waals surface area contributed by atoms with Gasteiger partial charge < -0.3 is 53.6 Å². The Morgan fingerprint density at radius 3 is 1.83 bits per heavy atom. The van der Waals surface area contributed by atoms with Crippen molar-refractivity contribution in [2.45, 2.75) is 38.3 Å². The van der Waals surface area contributed by atoms with Gasteiger partial charge in [-0.2, -0.15) is 0 Å². The standard InChI is InChI=1S/C36H40O11/c1-19-11-23-24-12-20(2)14-30(44-6)36(24)47-34(32(18-38)46-35(23)29(13-19)43-5)22-8-10-26(28(16-22)42-4)45-31(17-37)33(40)21-7-9-25(39)27(15-21)41-3/h7-16,31-34,37-40H,17-18H2,1-6H3/t31-,32?,33+,34?/m1/s1. The molecule has 4 atom stereocenters. The molecule has 0 saturated heterocycles. The Kier molecular flexibility index (Phi) is 10.2. The fraction of sp³-hybridized carbons (Fsp3) is 0.333. The van der Waals surface area contributed by atoms with Crippen LogP contribution in [0.5, 0.6) is 46.0 Å². The number of phenolic OH excluding ortho intramolecular Hbond substituents is 1. The van der Waals surface area contributed by atoms with E-state index in [1.807, 2.05) is 38.1 Å². The maximum atomic E-state index is 11.1. The highest BCUT2D eigenvalue weighted by atomic mass is 16.6. The Morgan fingerprint density at radius 1 is 0.681 bits per heavy atom. The number of phenols is 1. The third kappa shape index (κ3) is 6.69. The summed E-state index contributed by atoms with van der Waals surface area (Å²) in [6.07, 6.45) is -4.12. The van der Waals surface area contributed by atoms with Crippen LogP contribution < -0.4 is 33.2 Å². The summed E-state index contributed by atoms with van der Waals surface area (Å²) in [5.74, 6) is 2.54. The molecule has 11 nitrogen and oxygen atoms in total. The lowest BCUT2D eigenvalue weighted by Crippen LogP contribution is -2.34. The molecule has 0 spiro atoms. The first kappa shape index (κ1) is 33.5. The topological polar surface area (TPSA) is 146 Å². The third-order valence-corrected chi connectivity index (χ3v) is 8.03. The minimum Gasteiger partial charge on any atom is -0.504 e. The van der Waals surface area contributed by atoms with E-state index in [1.165, 1.54) is 32.4 Å². The summed E-state index contributed by atoms with van der Waals surface area (Å²) in [6.45, 7) is 2.99. The zero-order valence-electron chi connectivity index (χ0n) is 27.1. The van der Waals surface area contributed by atoms with Crippen molar-refractivity contribution in [1.82, 2.24) is 0 Å². The number of aryl methyl sites for hydroxylation is 2. The molecule has 0 aromatic heterocycles. The zero-order valence-corrected chi connectivity index (χ0v) is 27.1. The van der Waals surface area contributed by atoms with Crippen molar-refractivity contribution >= 4 is 0 Å². The fourth-order valence-corrected chi connectivity index (χ4v) is 5.67. The van der Waals surface area contributed by atoms with Crippen molar-refractivity contribution < 1.29 is 53.6 Å². The first-order valence-electron chi connectivity index (χ1n) is 15.0. The van der Waals surface area contributed by atoms with Gasteiger partial charge in [-0.1, -0.05) is 12.1 Å². The number of hydrogen-bond acceptors (Lipinski definition) is 11. The van der Waals surface area contributed by atoms with Gasteiger partial charge in [-0.25, -0.2) is 0 Å². The summed E-state index contributed by atoms with van der Waals surface area (Å²) in [5.41, 5.74) is 4.31. The summed E-state index contributed by atoms with van der Waals surface area (Å²) < 4.78 is 41.5. The van der Waals surface area contributed by atoms with Crippen LogP contribution in [0, 0.1) is 13.8 Å². The SMILES string of the molecule is COc1cc([C@H](O)[C@@H](CO)Oc2ccc(C3Oc4c(OC)cc(C)cc4-c4cc(C)cc(OC)c4OC3CO)cc2OC)ccc1O. The molecule has 1 heterocycles. The predicted octanol–water partition coefficient (Wildman–Crippen LogP) is 5.06. The Hall–Kier alpha value is -4.84. The molecule has 0 aliphatic carbocycles. The van der Waals surface area contributed by atoms with Crippen LogP contribution >= 0.6 is 0 Å². The number of aliphatic hydroxyl groups excluding tert-OH is 3. The van der Waals surface area contributed by atoms with E-state index in [1.54, 1.807) is 32.4 Å². The number of aromatic hydroxyl groups is 1. The van der Waals surface area contributed by atoms with Crippen molar-refractivity contribution in [3.8, 4) is 57.1 Å². The molecule has 4 aromatic rings. The molecular weight excluding hydrogens is 608 g/mol. The van der Waals surface area contributed by atoms with Crippen LogP contribution in [-0.2, 0) is 0 Å². The number of methoxy groups -OCH3 is 4. The van der Waals surface area contributed by atoms with Crippen molar-refractivity contribution in [3.63, 3.8) is 0 Å². The van der Waals surface area contributed by atoms with Crippen molar-refractivity contribution in [1.29, 1.82) is 0 Å². The van der Waals surface area contributed by atoms with Gasteiger partial charge in [-0.3, -0.25) is 0 Å². The lowest BCUT2D eigenvalue weighted by atomic mass is 9.96. The van der Waals surface area contributed by atoms with Crippen LogP contribution in [0.1, 0.15) is 34.5 Å². The molecular formula is C36H40O11. The Labute approximate surface area is 273 Å². The van der Waals surface area contributed by atoms with Gasteiger partial charge >= 0.3 is 0 Å². The minimum atomic E-state index is -1.27. The number of ether oxygens (including phenoxy) is 7. The second-order valence-corrected chi connectivity index (χ2v) is 11.2. The molecule has 2 unspecified atom stereocenters. The molecule has 0 saturated carbocycles. The summed E-state index contributed by atoms with van der Waals surface area (Å²) >= 11 is 0. The molecule has 47 heavy (non-hydrogen) atoms. The van der Waals surface area contributed by atoms with E-state index in [9.17, 15) is 20.4 Å². The first-order valence-corrected chi connectivity index (χ1v) is 15.0. The average Bonchev–Trinajstić information content (AvgIpc) is 3.08. The van der Waals surface area contributed by atoms with Gasteiger partial charge in [0.25, 0.3) is 0 Å². The molecule has 250 valence electrons. The molecule has 0 radical (unpaired) electrons. The molecule has 1 aliphatic rings. The lowest BCUT2D eigenvalue weighted by Gasteiger charge is -2.33. The van der Waals surface area contributed by atoms with Gasteiger partial charge in [0.2, 0.25) is 0 Å². The predicted molar refractivity (Wildman–Crippen MR) is 173 cm³/mol. The van der Waals surface area contributed by atoms with Crippen LogP contribution in [0.3, 0.4) is 0 Å². The van der Waals surface area contributed by atoms with Crippen molar-refractivity contribution in [2.75, 3.05) is 41.7 Å². The molecule has 0 bridgehead atoms. The maximum absolute atomic E-state index is 11.1. The molecule has 4 aromatic carbocycles. The van der Waals surface area contributed by atoms with Gasteiger partial charge in [-0.15, -0.1) is 0 Å². The van der Waals surface area contributed by atoms with Crippen LogP contribution in [0.4, 0.5) is 0 Å². The fourth-order valence-electron chi connectivity index (χ4n) is 5.67. The zero-order chi connectivity index (χ0) is 33.8. The summed E-state index contributed by atoms with van der Waals surface area (Å²) in [6, 6.07) is 17.1. The first-order chi connectivity index (χ1) is 22.6. The maximum Gasteiger partial charge on any atom is 0.170 e. The molecule has 11 heteroatoms. The summed E-state index contributed by atoms with van der Waals surface area (Å²) in [7, 11) is 6.00. The number of fused-ring (bicyclic) bond motifs is 3. The van der Waals surface area contributed by atoms with Crippen molar-refractivity contribution in [2.24, 2.45) is 0 Å². The van der Waals surface area contributed by atoms with E-state index in [4.69, 9.17) is 33.2 Å². The highest BCUT2D eigenvalue weighted by Gasteiger charge is 2.35. The Bertz CT molecular complexity index is 1720. The molecule has 0 amide bonds. The molecule has 5 rings (SSSR count). The number of benzene rings is 4. The van der Waals surface area contributed by atoms with Crippen molar-refractivity contribution in [3.05, 3.63) is 82.9 Å². The minimum absolute atomic E-state index is 0.0869. The van der Waals surface area contributed by atoms with Crippen LogP contribution in [0.15, 0.2) is 60.7 Å². The van der Waals surface area contributed by atoms with E-state index < -0.39 is 37.6 Å². The second-order valence-electron chi connectivity index (χ2n) is 11.2. The van der Waals surface area contributed by atoms with Gasteiger partial charge in [0.05, 0.1) is 41.7 Å². The van der Waals surface area contributed by atoms with E-state index in [0.717, 1.165) is 22.3 Å². The molecule has 1 aliphatic heterocycles. The van der Waals surface area contributed by atoms with E-state index >= 15 is 0 Å². The third-order valence-electron chi connectivity index (χ3n) is 8.03. The van der Waals surface area contributed by atoms with Gasteiger partial charge in [0.1, 0.15) is 6.10 Å². The summed E-state index contributed by atoms with van der Waals surface area (Å²) in [4.78, 5) is 0. The second kappa shape index (κ2) is 14.3. The Balaban J connectivity index is 1.55. The molecule has 0 fully saturated rings. The quantitative estimate of drug-likeness (QED) is 0.173.